The molecular weight excluding hydrogens is 338 g/mol. The molecule has 0 radical (unpaired) electrons. The van der Waals surface area contributed by atoms with Gasteiger partial charge in [0.25, 0.3) is 5.91 Å². The molecule has 26 heavy (non-hydrogen) atoms. The largest absolute Gasteiger partial charge is 0.507 e. The Kier molecular flexibility index (Phi) is 5.95. The van der Waals surface area contributed by atoms with E-state index in [0.717, 1.165) is 0 Å². The molecule has 0 fully saturated rings. The predicted octanol–water partition coefficient (Wildman–Crippen LogP) is 3.03. The molecule has 0 unspecified atom stereocenters. The molecule has 0 spiro atoms. The summed E-state index contributed by atoms with van der Waals surface area (Å²) in [7, 11) is 1.18. The molecule has 7 heteroatoms. The molecule has 0 atom stereocenters. The van der Waals surface area contributed by atoms with Gasteiger partial charge in [-0.05, 0) is 50.2 Å². The Morgan fingerprint density at radius 3 is 2.38 bits per heavy atom. The molecule has 0 bridgehead atoms. The number of nitrogens with one attached hydrogen (secondary N) is 1. The number of ketones is 1. The number of amides is 1. The number of hydrogen-bond donors (Lipinski definition) is 2. The number of carbonyl (C=O) groups excluding carboxylic acids is 3. The highest BCUT2D eigenvalue weighted by molar-refractivity contribution is 6.07. The van der Waals surface area contributed by atoms with E-state index >= 15 is 0 Å². The number of carbonyl (C=O) groups is 3. The summed E-state index contributed by atoms with van der Waals surface area (Å²) < 4.78 is 10.0. The normalized spacial score (nSPS) is 10.1. The maximum atomic E-state index is 12.5. The van der Waals surface area contributed by atoms with Crippen molar-refractivity contribution in [2.24, 2.45) is 0 Å². The molecule has 0 aliphatic heterocycles. The standard InChI is InChI=1S/C19H19NO6/c1-4-26-17-8-6-12(11(2)21)10-15(17)20-18(23)13-5-7-16(22)14(9-13)19(24)25-3/h5-10,22H,4H2,1-3H3,(H,20,23). The lowest BCUT2D eigenvalue weighted by atomic mass is 10.1. The van der Waals surface area contributed by atoms with Crippen LogP contribution in [0.5, 0.6) is 11.5 Å². The fraction of sp³-hybridized carbons (Fsp3) is 0.211. The fourth-order valence-electron chi connectivity index (χ4n) is 2.27. The molecule has 2 N–H and O–H groups in total. The predicted molar refractivity (Wildman–Crippen MR) is 95.0 cm³/mol. The monoisotopic (exact) mass is 357 g/mol. The van der Waals surface area contributed by atoms with Crippen molar-refractivity contribution in [2.75, 3.05) is 19.0 Å². The third-order valence-electron chi connectivity index (χ3n) is 3.60. The molecular formula is C19H19NO6. The van der Waals surface area contributed by atoms with Crippen molar-refractivity contribution < 1.29 is 29.0 Å². The van der Waals surface area contributed by atoms with Crippen LogP contribution in [0.25, 0.3) is 0 Å². The molecule has 2 rings (SSSR count). The molecule has 2 aromatic carbocycles. The van der Waals surface area contributed by atoms with Crippen LogP contribution in [-0.4, -0.2) is 36.5 Å². The first-order valence-electron chi connectivity index (χ1n) is 7.87. The van der Waals surface area contributed by atoms with Crippen LogP contribution < -0.4 is 10.1 Å². The summed E-state index contributed by atoms with van der Waals surface area (Å²) in [5.41, 5.74) is 0.767. The zero-order valence-corrected chi connectivity index (χ0v) is 14.7. The maximum Gasteiger partial charge on any atom is 0.341 e. The quantitative estimate of drug-likeness (QED) is 0.609. The van der Waals surface area contributed by atoms with E-state index in [2.05, 4.69) is 10.1 Å². The summed E-state index contributed by atoms with van der Waals surface area (Å²) in [5, 5.41) is 12.4. The van der Waals surface area contributed by atoms with Gasteiger partial charge in [0.15, 0.2) is 5.78 Å². The van der Waals surface area contributed by atoms with Crippen molar-refractivity contribution >= 4 is 23.3 Å². The van der Waals surface area contributed by atoms with Gasteiger partial charge < -0.3 is 19.9 Å². The van der Waals surface area contributed by atoms with E-state index in [1.54, 1.807) is 19.1 Å². The van der Waals surface area contributed by atoms with Crippen LogP contribution in [0.1, 0.15) is 44.9 Å². The van der Waals surface area contributed by atoms with Gasteiger partial charge in [0.05, 0.1) is 19.4 Å². The lowest BCUT2D eigenvalue weighted by Gasteiger charge is -2.13. The lowest BCUT2D eigenvalue weighted by molar-refractivity contribution is 0.0597. The lowest BCUT2D eigenvalue weighted by Crippen LogP contribution is -2.14. The number of anilines is 1. The van der Waals surface area contributed by atoms with Crippen molar-refractivity contribution in [3.8, 4) is 11.5 Å². The highest BCUT2D eigenvalue weighted by atomic mass is 16.5. The molecule has 0 heterocycles. The number of rotatable bonds is 6. The highest BCUT2D eigenvalue weighted by Crippen LogP contribution is 2.27. The first-order valence-corrected chi connectivity index (χ1v) is 7.87. The van der Waals surface area contributed by atoms with Crippen molar-refractivity contribution in [2.45, 2.75) is 13.8 Å². The Morgan fingerprint density at radius 1 is 1.08 bits per heavy atom. The van der Waals surface area contributed by atoms with Crippen molar-refractivity contribution in [3.63, 3.8) is 0 Å². The van der Waals surface area contributed by atoms with E-state index < -0.39 is 11.9 Å². The maximum absolute atomic E-state index is 12.5. The van der Waals surface area contributed by atoms with Crippen molar-refractivity contribution in [1.29, 1.82) is 0 Å². The molecule has 0 saturated heterocycles. The Morgan fingerprint density at radius 2 is 1.77 bits per heavy atom. The van der Waals surface area contributed by atoms with E-state index in [4.69, 9.17) is 4.74 Å². The van der Waals surface area contributed by atoms with Gasteiger partial charge in [-0.15, -0.1) is 0 Å². The van der Waals surface area contributed by atoms with Crippen LogP contribution in [0, 0.1) is 0 Å². The molecule has 0 aromatic heterocycles. The van der Waals surface area contributed by atoms with E-state index in [1.807, 2.05) is 0 Å². The van der Waals surface area contributed by atoms with Crippen LogP contribution in [0.2, 0.25) is 0 Å². The van der Waals surface area contributed by atoms with E-state index in [-0.39, 0.29) is 22.7 Å². The first-order chi connectivity index (χ1) is 12.4. The highest BCUT2D eigenvalue weighted by Gasteiger charge is 2.17. The summed E-state index contributed by atoms with van der Waals surface area (Å²) >= 11 is 0. The summed E-state index contributed by atoms with van der Waals surface area (Å²) in [6, 6.07) is 8.56. The van der Waals surface area contributed by atoms with Gasteiger partial charge in [0, 0.05) is 11.1 Å². The second-order valence-electron chi connectivity index (χ2n) is 5.38. The van der Waals surface area contributed by atoms with Crippen LogP contribution in [-0.2, 0) is 4.74 Å². The molecule has 1 amide bonds. The van der Waals surface area contributed by atoms with Gasteiger partial charge in [-0.3, -0.25) is 9.59 Å². The molecule has 136 valence electrons. The number of phenols is 1. The number of aromatic hydroxyl groups is 1. The fourth-order valence-corrected chi connectivity index (χ4v) is 2.27. The molecule has 0 saturated carbocycles. The Labute approximate surface area is 150 Å². The average Bonchev–Trinajstić information content (AvgIpc) is 2.62. The van der Waals surface area contributed by atoms with Gasteiger partial charge in [-0.2, -0.15) is 0 Å². The number of benzene rings is 2. The van der Waals surface area contributed by atoms with Gasteiger partial charge in [-0.1, -0.05) is 0 Å². The summed E-state index contributed by atoms with van der Waals surface area (Å²) in [4.78, 5) is 35.8. The minimum absolute atomic E-state index is 0.123. The Balaban J connectivity index is 2.36. The third kappa shape index (κ3) is 4.18. The van der Waals surface area contributed by atoms with Gasteiger partial charge in [0.2, 0.25) is 0 Å². The van der Waals surface area contributed by atoms with E-state index in [9.17, 15) is 19.5 Å². The molecule has 7 nitrogen and oxygen atoms in total. The van der Waals surface area contributed by atoms with Crippen molar-refractivity contribution in [3.05, 3.63) is 53.1 Å². The zero-order valence-electron chi connectivity index (χ0n) is 14.7. The van der Waals surface area contributed by atoms with Gasteiger partial charge >= 0.3 is 5.97 Å². The molecule has 0 aliphatic rings. The molecule has 0 aliphatic carbocycles. The second-order valence-corrected chi connectivity index (χ2v) is 5.38. The van der Waals surface area contributed by atoms with Crippen LogP contribution in [0.4, 0.5) is 5.69 Å². The summed E-state index contributed by atoms with van der Waals surface area (Å²) in [5.74, 6) is -1.32. The summed E-state index contributed by atoms with van der Waals surface area (Å²) in [6.07, 6.45) is 0. The first kappa shape index (κ1) is 19.0. The number of Topliss-reactive ketones (excluding diaryl/α,β-unsaturated/α-hetero) is 1. The van der Waals surface area contributed by atoms with Gasteiger partial charge in [0.1, 0.15) is 17.1 Å². The second kappa shape index (κ2) is 8.15. The van der Waals surface area contributed by atoms with Gasteiger partial charge in [-0.25, -0.2) is 4.79 Å². The zero-order chi connectivity index (χ0) is 19.3. The number of methoxy groups -OCH3 is 1. The average molecular weight is 357 g/mol. The van der Waals surface area contributed by atoms with Crippen LogP contribution in [0.3, 0.4) is 0 Å². The SMILES string of the molecule is CCOc1ccc(C(C)=O)cc1NC(=O)c1ccc(O)c(C(=O)OC)c1. The number of esters is 1. The topological polar surface area (TPSA) is 102 Å². The summed E-state index contributed by atoms with van der Waals surface area (Å²) in [6.45, 7) is 3.60. The Bertz CT molecular complexity index is 859. The minimum atomic E-state index is -0.759. The van der Waals surface area contributed by atoms with Crippen LogP contribution in [0.15, 0.2) is 36.4 Å². The smallest absolute Gasteiger partial charge is 0.341 e. The van der Waals surface area contributed by atoms with E-state index in [0.29, 0.717) is 23.6 Å². The number of hydrogen-bond acceptors (Lipinski definition) is 6. The Hall–Kier alpha value is -3.35. The van der Waals surface area contributed by atoms with Crippen molar-refractivity contribution in [1.82, 2.24) is 0 Å². The minimum Gasteiger partial charge on any atom is -0.507 e. The van der Waals surface area contributed by atoms with E-state index in [1.165, 1.54) is 38.3 Å². The molecule has 2 aromatic rings. The number of ether oxygens (including phenoxy) is 2. The third-order valence-corrected chi connectivity index (χ3v) is 3.60. The van der Waals surface area contributed by atoms with Crippen LogP contribution >= 0.6 is 0 Å². The number of phenolic OH excluding ortho intramolecular Hbond substituents is 1.